The van der Waals surface area contributed by atoms with Gasteiger partial charge in [-0.1, -0.05) is 0 Å². The van der Waals surface area contributed by atoms with Crippen molar-refractivity contribution < 1.29 is 9.34 Å². The summed E-state index contributed by atoms with van der Waals surface area (Å²) < 4.78 is 5.53. The minimum absolute atomic E-state index is 0.0178. The van der Waals surface area contributed by atoms with Crippen molar-refractivity contribution in [2.75, 3.05) is 16.8 Å². The summed E-state index contributed by atoms with van der Waals surface area (Å²) >= 11 is 1.95. The monoisotopic (exact) mass is 279 g/mol. The Hall–Kier alpha value is -1.76. The fourth-order valence-corrected chi connectivity index (χ4v) is 3.21. The number of aromatic nitrogens is 1. The second-order valence-electron chi connectivity index (χ2n) is 4.46. The molecular weight excluding hydrogens is 266 g/mol. The molecule has 0 unspecified atom stereocenters. The van der Waals surface area contributed by atoms with Crippen molar-refractivity contribution in [3.8, 4) is 0 Å². The maximum absolute atomic E-state index is 10.7. The van der Waals surface area contributed by atoms with Gasteiger partial charge in [-0.3, -0.25) is 10.1 Å². The average molecular weight is 279 g/mol. The molecule has 6 nitrogen and oxygen atoms in total. The molecule has 0 aliphatic carbocycles. The summed E-state index contributed by atoms with van der Waals surface area (Å²) in [6, 6.07) is 5.28. The highest BCUT2D eigenvalue weighted by molar-refractivity contribution is 7.99. The zero-order valence-electron chi connectivity index (χ0n) is 10.2. The van der Waals surface area contributed by atoms with Crippen LogP contribution in [0.25, 0.3) is 11.1 Å². The molecule has 1 aliphatic heterocycles. The number of anilines is 1. The van der Waals surface area contributed by atoms with Gasteiger partial charge in [-0.25, -0.2) is 0 Å². The van der Waals surface area contributed by atoms with Crippen LogP contribution in [0.5, 0.6) is 0 Å². The van der Waals surface area contributed by atoms with Crippen LogP contribution in [0.4, 0.5) is 11.7 Å². The number of non-ortho nitro benzene ring substituents is 1. The number of rotatable bonds is 3. The molecule has 0 amide bonds. The highest BCUT2D eigenvalue weighted by Gasteiger charge is 2.17. The maximum atomic E-state index is 10.7. The Morgan fingerprint density at radius 2 is 2.21 bits per heavy atom. The SMILES string of the molecule is O=[N+]([O-])c1ccc2nc(NC3CCSCC3)oc2c1. The van der Waals surface area contributed by atoms with Crippen LogP contribution < -0.4 is 5.32 Å². The Labute approximate surface area is 113 Å². The van der Waals surface area contributed by atoms with Crippen LogP contribution in [0.1, 0.15) is 12.8 Å². The van der Waals surface area contributed by atoms with E-state index >= 15 is 0 Å². The molecular formula is C12H13N3O3S. The lowest BCUT2D eigenvalue weighted by Gasteiger charge is -2.21. The van der Waals surface area contributed by atoms with Gasteiger partial charge in [0.15, 0.2) is 5.58 Å². The molecule has 0 bridgehead atoms. The molecule has 2 heterocycles. The molecule has 0 atom stereocenters. The molecule has 3 rings (SSSR count). The Kier molecular flexibility index (Phi) is 3.29. The Balaban J connectivity index is 1.82. The summed E-state index contributed by atoms with van der Waals surface area (Å²) in [7, 11) is 0. The van der Waals surface area contributed by atoms with Gasteiger partial charge in [0, 0.05) is 12.1 Å². The van der Waals surface area contributed by atoms with E-state index in [0.29, 0.717) is 23.2 Å². The van der Waals surface area contributed by atoms with E-state index in [1.165, 1.54) is 12.1 Å². The van der Waals surface area contributed by atoms with Crippen LogP contribution in [-0.4, -0.2) is 27.5 Å². The first-order valence-corrected chi connectivity index (χ1v) is 7.27. The van der Waals surface area contributed by atoms with Crippen LogP contribution in [0.2, 0.25) is 0 Å². The van der Waals surface area contributed by atoms with Crippen LogP contribution in [-0.2, 0) is 0 Å². The van der Waals surface area contributed by atoms with Crippen molar-refractivity contribution in [1.29, 1.82) is 0 Å². The van der Waals surface area contributed by atoms with E-state index in [0.717, 1.165) is 24.3 Å². The minimum atomic E-state index is -0.437. The van der Waals surface area contributed by atoms with Gasteiger partial charge in [-0.2, -0.15) is 16.7 Å². The number of nitrogens with zero attached hydrogens (tertiary/aromatic N) is 2. The third kappa shape index (κ3) is 2.65. The number of nitro groups is 1. The van der Waals surface area contributed by atoms with Crippen LogP contribution in [0.15, 0.2) is 22.6 Å². The molecule has 1 N–H and O–H groups in total. The van der Waals surface area contributed by atoms with E-state index < -0.39 is 4.92 Å². The number of hydrogen-bond acceptors (Lipinski definition) is 6. The summed E-state index contributed by atoms with van der Waals surface area (Å²) in [5, 5.41) is 14.0. The van der Waals surface area contributed by atoms with E-state index in [9.17, 15) is 10.1 Å². The first-order valence-electron chi connectivity index (χ1n) is 6.11. The van der Waals surface area contributed by atoms with E-state index in [1.807, 2.05) is 11.8 Å². The molecule has 1 saturated heterocycles. The van der Waals surface area contributed by atoms with Gasteiger partial charge >= 0.3 is 0 Å². The Bertz CT molecular complexity index is 607. The van der Waals surface area contributed by atoms with Crippen LogP contribution >= 0.6 is 11.8 Å². The smallest absolute Gasteiger partial charge is 0.295 e. The maximum Gasteiger partial charge on any atom is 0.295 e. The fourth-order valence-electron chi connectivity index (χ4n) is 2.11. The Morgan fingerprint density at radius 3 is 2.95 bits per heavy atom. The normalized spacial score (nSPS) is 16.6. The number of thioether (sulfide) groups is 1. The van der Waals surface area contributed by atoms with Crippen molar-refractivity contribution in [2.45, 2.75) is 18.9 Å². The lowest BCUT2D eigenvalue weighted by molar-refractivity contribution is -0.384. The minimum Gasteiger partial charge on any atom is -0.423 e. The number of hydrogen-bond donors (Lipinski definition) is 1. The summed E-state index contributed by atoms with van der Waals surface area (Å²) in [6.45, 7) is 0. The Morgan fingerprint density at radius 1 is 1.42 bits per heavy atom. The van der Waals surface area contributed by atoms with Gasteiger partial charge in [0.1, 0.15) is 5.52 Å². The summed E-state index contributed by atoms with van der Waals surface area (Å²) in [4.78, 5) is 14.6. The second-order valence-corrected chi connectivity index (χ2v) is 5.68. The van der Waals surface area contributed by atoms with Crippen LogP contribution in [0.3, 0.4) is 0 Å². The van der Waals surface area contributed by atoms with E-state index in [2.05, 4.69) is 10.3 Å². The lowest BCUT2D eigenvalue weighted by atomic mass is 10.2. The zero-order valence-corrected chi connectivity index (χ0v) is 11.0. The topological polar surface area (TPSA) is 81.2 Å². The average Bonchev–Trinajstić information content (AvgIpc) is 2.80. The molecule has 1 aromatic carbocycles. The summed E-state index contributed by atoms with van der Waals surface area (Å²) in [5.41, 5.74) is 1.10. The van der Waals surface area contributed by atoms with Crippen molar-refractivity contribution in [2.24, 2.45) is 0 Å². The first kappa shape index (κ1) is 12.3. The fraction of sp³-hybridized carbons (Fsp3) is 0.417. The largest absolute Gasteiger partial charge is 0.423 e. The molecule has 2 aromatic rings. The molecule has 7 heteroatoms. The quantitative estimate of drug-likeness (QED) is 0.687. The van der Waals surface area contributed by atoms with Crippen molar-refractivity contribution in [3.63, 3.8) is 0 Å². The van der Waals surface area contributed by atoms with Crippen molar-refractivity contribution in [3.05, 3.63) is 28.3 Å². The third-order valence-corrected chi connectivity index (χ3v) is 4.18. The molecule has 1 aromatic heterocycles. The molecule has 1 aliphatic rings. The number of benzene rings is 1. The van der Waals surface area contributed by atoms with E-state index in [1.54, 1.807) is 6.07 Å². The van der Waals surface area contributed by atoms with E-state index in [4.69, 9.17) is 4.42 Å². The highest BCUT2D eigenvalue weighted by atomic mass is 32.2. The number of oxazole rings is 1. The van der Waals surface area contributed by atoms with Crippen molar-refractivity contribution >= 4 is 34.6 Å². The molecule has 0 saturated carbocycles. The van der Waals surface area contributed by atoms with E-state index in [-0.39, 0.29) is 5.69 Å². The number of nitro benzene ring substituents is 1. The van der Waals surface area contributed by atoms with Gasteiger partial charge < -0.3 is 9.73 Å². The lowest BCUT2D eigenvalue weighted by Crippen LogP contribution is -2.24. The molecule has 100 valence electrons. The highest BCUT2D eigenvalue weighted by Crippen LogP contribution is 2.26. The predicted octanol–water partition coefficient (Wildman–Crippen LogP) is 3.04. The van der Waals surface area contributed by atoms with Gasteiger partial charge in [0.05, 0.1) is 11.0 Å². The van der Waals surface area contributed by atoms with Crippen molar-refractivity contribution in [1.82, 2.24) is 4.98 Å². The summed E-state index contributed by atoms with van der Waals surface area (Å²) in [6.07, 6.45) is 2.17. The first-order chi connectivity index (χ1) is 9.22. The number of fused-ring (bicyclic) bond motifs is 1. The third-order valence-electron chi connectivity index (χ3n) is 3.13. The predicted molar refractivity (Wildman–Crippen MR) is 74.6 cm³/mol. The van der Waals surface area contributed by atoms with Gasteiger partial charge in [0.2, 0.25) is 0 Å². The standard InChI is InChI=1S/C12H13N3O3S/c16-15(17)9-1-2-10-11(7-9)18-12(14-10)13-8-3-5-19-6-4-8/h1-2,7-8H,3-6H2,(H,13,14). The molecule has 1 fully saturated rings. The van der Waals surface area contributed by atoms with Gasteiger partial charge in [-0.05, 0) is 30.4 Å². The van der Waals surface area contributed by atoms with Gasteiger partial charge in [-0.15, -0.1) is 0 Å². The van der Waals surface area contributed by atoms with Crippen LogP contribution in [0, 0.1) is 10.1 Å². The zero-order chi connectivity index (χ0) is 13.2. The van der Waals surface area contributed by atoms with Gasteiger partial charge in [0.25, 0.3) is 11.7 Å². The molecule has 19 heavy (non-hydrogen) atoms. The number of nitrogens with one attached hydrogen (secondary N) is 1. The second kappa shape index (κ2) is 5.08. The molecule has 0 spiro atoms. The molecule has 0 radical (unpaired) electrons. The summed E-state index contributed by atoms with van der Waals surface area (Å²) in [5.74, 6) is 2.28.